The summed E-state index contributed by atoms with van der Waals surface area (Å²) in [5, 5.41) is 6.89. The molecule has 0 radical (unpaired) electrons. The molecular weight excluding hydrogens is 419 g/mol. The Labute approximate surface area is 184 Å². The van der Waals surface area contributed by atoms with Gasteiger partial charge < -0.3 is 24.1 Å². The highest BCUT2D eigenvalue weighted by Crippen LogP contribution is 2.27. The van der Waals surface area contributed by atoms with Gasteiger partial charge in [0.15, 0.2) is 17.8 Å². The lowest BCUT2D eigenvalue weighted by molar-refractivity contribution is -0.122. The van der Waals surface area contributed by atoms with Gasteiger partial charge in [-0.2, -0.15) is 0 Å². The molecule has 2 aromatic heterocycles. The minimum atomic E-state index is -0.368. The second-order valence-electron chi connectivity index (χ2n) is 6.99. The number of aromatic nitrogens is 2. The number of oxazole rings is 1. The number of amides is 1. The van der Waals surface area contributed by atoms with Gasteiger partial charge in [-0.25, -0.2) is 14.4 Å². The molecule has 32 heavy (non-hydrogen) atoms. The van der Waals surface area contributed by atoms with E-state index in [1.165, 1.54) is 18.7 Å². The number of hydrogen-bond donors (Lipinski definition) is 1. The zero-order valence-electron chi connectivity index (χ0n) is 17.6. The van der Waals surface area contributed by atoms with Crippen LogP contribution in [0.15, 0.2) is 53.4 Å². The summed E-state index contributed by atoms with van der Waals surface area (Å²) in [6, 6.07) is 10.4. The van der Waals surface area contributed by atoms with Crippen molar-refractivity contribution in [3.63, 3.8) is 0 Å². The first-order chi connectivity index (χ1) is 15.5. The second kappa shape index (κ2) is 10.4. The number of carboxylic acid groups (broad SMARTS) is 1. The Morgan fingerprint density at radius 3 is 2.53 bits per heavy atom. The fraction of sp³-hybridized carbons (Fsp3) is 0.273. The Morgan fingerprint density at radius 2 is 1.94 bits per heavy atom. The third-order valence-electron chi connectivity index (χ3n) is 5.04. The molecule has 1 atom stereocenters. The van der Waals surface area contributed by atoms with Crippen LogP contribution in [0, 0.1) is 5.82 Å². The Bertz CT molecular complexity index is 1040. The predicted octanol–water partition coefficient (Wildman–Crippen LogP) is 2.94. The van der Waals surface area contributed by atoms with Crippen LogP contribution < -0.4 is 9.64 Å². The molecular formula is C22H23FN4O5. The summed E-state index contributed by atoms with van der Waals surface area (Å²) in [5.41, 5.74) is 1.05. The summed E-state index contributed by atoms with van der Waals surface area (Å²) in [6.07, 6.45) is 2.49. The molecule has 1 fully saturated rings. The summed E-state index contributed by atoms with van der Waals surface area (Å²) >= 11 is 0. The van der Waals surface area contributed by atoms with Crippen molar-refractivity contribution in [1.29, 1.82) is 0 Å². The van der Waals surface area contributed by atoms with Gasteiger partial charge in [0, 0.05) is 31.2 Å². The number of rotatable bonds is 4. The van der Waals surface area contributed by atoms with Crippen molar-refractivity contribution in [2.45, 2.75) is 13.0 Å². The number of anilines is 1. The Morgan fingerprint density at radius 1 is 1.22 bits per heavy atom. The van der Waals surface area contributed by atoms with E-state index >= 15 is 0 Å². The number of hydrogen-bond acceptors (Lipinski definition) is 7. The molecule has 1 N–H and O–H groups in total. The summed E-state index contributed by atoms with van der Waals surface area (Å²) in [7, 11) is 1.60. The molecule has 0 saturated carbocycles. The topological polar surface area (TPSA) is 109 Å². The maximum Gasteiger partial charge on any atom is 0.290 e. The molecule has 9 nitrogen and oxygen atoms in total. The Kier molecular flexibility index (Phi) is 7.37. The van der Waals surface area contributed by atoms with Crippen molar-refractivity contribution >= 4 is 18.2 Å². The van der Waals surface area contributed by atoms with Crippen LogP contribution in [0.1, 0.15) is 17.4 Å². The number of nitrogens with zero attached hydrogens (tertiary/aromatic N) is 4. The van der Waals surface area contributed by atoms with Gasteiger partial charge in [-0.3, -0.25) is 9.59 Å². The zero-order chi connectivity index (χ0) is 23.1. The van der Waals surface area contributed by atoms with E-state index in [0.29, 0.717) is 31.2 Å². The average molecular weight is 442 g/mol. The molecule has 0 aliphatic carbocycles. The molecule has 4 rings (SSSR count). The normalized spacial score (nSPS) is 15.5. The number of benzene rings is 1. The van der Waals surface area contributed by atoms with Gasteiger partial charge in [0.1, 0.15) is 17.4 Å². The molecule has 0 spiro atoms. The number of carbonyl (C=O) groups is 2. The number of methoxy groups -OCH3 is 1. The lowest BCUT2D eigenvalue weighted by Crippen LogP contribution is -2.54. The number of halogens is 1. The lowest BCUT2D eigenvalue weighted by Gasteiger charge is -2.40. The van der Waals surface area contributed by atoms with E-state index in [9.17, 15) is 9.18 Å². The molecule has 1 unspecified atom stereocenters. The maximum absolute atomic E-state index is 13.1. The third-order valence-corrected chi connectivity index (χ3v) is 5.04. The van der Waals surface area contributed by atoms with Crippen molar-refractivity contribution in [3.8, 4) is 17.1 Å². The van der Waals surface area contributed by atoms with Crippen LogP contribution in [0.2, 0.25) is 0 Å². The van der Waals surface area contributed by atoms with Crippen molar-refractivity contribution in [3.05, 3.63) is 60.5 Å². The predicted molar refractivity (Wildman–Crippen MR) is 114 cm³/mol. The van der Waals surface area contributed by atoms with Gasteiger partial charge in [-0.1, -0.05) is 0 Å². The molecule has 168 valence electrons. The van der Waals surface area contributed by atoms with Crippen molar-refractivity contribution in [2.24, 2.45) is 0 Å². The Balaban J connectivity index is 0.000000913. The monoisotopic (exact) mass is 442 g/mol. The van der Waals surface area contributed by atoms with Gasteiger partial charge in [-0.15, -0.1) is 0 Å². The SMILES string of the molecule is COc1ccc(-c2ocnc2C(=O)N2CCN(c3ccc(F)cn3)C(C)C2)cc1.O=CO. The molecule has 3 aromatic rings. The molecule has 1 aliphatic rings. The van der Waals surface area contributed by atoms with Gasteiger partial charge in [0.05, 0.1) is 13.3 Å². The molecule has 1 aromatic carbocycles. The first kappa shape index (κ1) is 22.7. The standard InChI is InChI=1S/C21H21FN4O3.CH2O2/c1-14-12-25(9-10-26(14)18-8-5-16(22)11-23-18)21(27)19-20(29-13-24-19)15-3-6-17(28-2)7-4-15;2-1-3/h3-8,11,13-14H,9-10,12H2,1-2H3;1H,(H,2,3). The average Bonchev–Trinajstić information content (AvgIpc) is 3.30. The fourth-order valence-electron chi connectivity index (χ4n) is 3.52. The highest BCUT2D eigenvalue weighted by atomic mass is 19.1. The fourth-order valence-corrected chi connectivity index (χ4v) is 3.52. The van der Waals surface area contributed by atoms with E-state index in [1.807, 2.05) is 31.2 Å². The molecule has 1 amide bonds. The minimum absolute atomic E-state index is 0.0296. The largest absolute Gasteiger partial charge is 0.497 e. The molecule has 1 saturated heterocycles. The second-order valence-corrected chi connectivity index (χ2v) is 6.99. The van der Waals surface area contributed by atoms with Crippen LogP contribution in [-0.4, -0.2) is 65.1 Å². The van der Waals surface area contributed by atoms with Gasteiger partial charge in [-0.05, 0) is 43.3 Å². The molecule has 10 heteroatoms. The smallest absolute Gasteiger partial charge is 0.290 e. The van der Waals surface area contributed by atoms with E-state index < -0.39 is 0 Å². The molecule has 0 bridgehead atoms. The number of pyridine rings is 1. The van der Waals surface area contributed by atoms with E-state index in [4.69, 9.17) is 19.1 Å². The number of ether oxygens (including phenoxy) is 1. The molecule has 3 heterocycles. The zero-order valence-corrected chi connectivity index (χ0v) is 17.6. The van der Waals surface area contributed by atoms with E-state index in [-0.39, 0.29) is 29.9 Å². The van der Waals surface area contributed by atoms with Crippen molar-refractivity contribution < 1.29 is 28.2 Å². The van der Waals surface area contributed by atoms with Crippen molar-refractivity contribution in [1.82, 2.24) is 14.9 Å². The quantitative estimate of drug-likeness (QED) is 0.615. The summed E-state index contributed by atoms with van der Waals surface area (Å²) in [6.45, 7) is 3.38. The number of piperazine rings is 1. The van der Waals surface area contributed by atoms with Crippen LogP contribution in [0.25, 0.3) is 11.3 Å². The van der Waals surface area contributed by atoms with Crippen molar-refractivity contribution in [2.75, 3.05) is 31.6 Å². The molecule has 1 aliphatic heterocycles. The van der Waals surface area contributed by atoms with Crippen LogP contribution >= 0.6 is 0 Å². The van der Waals surface area contributed by atoms with Crippen LogP contribution in [0.4, 0.5) is 10.2 Å². The number of carbonyl (C=O) groups excluding carboxylic acids is 1. The van der Waals surface area contributed by atoms with E-state index in [0.717, 1.165) is 11.3 Å². The van der Waals surface area contributed by atoms with Gasteiger partial charge in [0.25, 0.3) is 12.4 Å². The minimum Gasteiger partial charge on any atom is -0.497 e. The summed E-state index contributed by atoms with van der Waals surface area (Å²) in [4.78, 5) is 33.6. The van der Waals surface area contributed by atoms with Gasteiger partial charge >= 0.3 is 0 Å². The summed E-state index contributed by atoms with van der Waals surface area (Å²) < 4.78 is 23.8. The Hall–Kier alpha value is -3.95. The first-order valence-electron chi connectivity index (χ1n) is 9.81. The highest BCUT2D eigenvalue weighted by molar-refractivity contribution is 5.97. The lowest BCUT2D eigenvalue weighted by atomic mass is 10.1. The highest BCUT2D eigenvalue weighted by Gasteiger charge is 2.31. The van der Waals surface area contributed by atoms with Crippen LogP contribution in [0.3, 0.4) is 0 Å². The van der Waals surface area contributed by atoms with Crippen LogP contribution in [-0.2, 0) is 4.79 Å². The van der Waals surface area contributed by atoms with Crippen LogP contribution in [0.5, 0.6) is 5.75 Å². The van der Waals surface area contributed by atoms with E-state index in [2.05, 4.69) is 14.9 Å². The maximum atomic E-state index is 13.1. The first-order valence-corrected chi connectivity index (χ1v) is 9.81. The van der Waals surface area contributed by atoms with Gasteiger partial charge in [0.2, 0.25) is 0 Å². The van der Waals surface area contributed by atoms with E-state index in [1.54, 1.807) is 18.1 Å². The third kappa shape index (κ3) is 5.02. The summed E-state index contributed by atoms with van der Waals surface area (Å²) in [5.74, 6) is 1.32.